The van der Waals surface area contributed by atoms with E-state index in [1.165, 1.54) is 5.56 Å². The summed E-state index contributed by atoms with van der Waals surface area (Å²) in [5.74, 6) is 0. The van der Waals surface area contributed by atoms with Crippen LogP contribution in [0.15, 0.2) is 48.5 Å². The molecule has 148 valence electrons. The number of halogens is 1. The zero-order valence-corrected chi connectivity index (χ0v) is 18.2. The van der Waals surface area contributed by atoms with Crippen molar-refractivity contribution >= 4 is 34.6 Å². The molecule has 0 bridgehead atoms. The van der Waals surface area contributed by atoms with Crippen molar-refractivity contribution in [3.05, 3.63) is 75.8 Å². The van der Waals surface area contributed by atoms with Gasteiger partial charge in [0.1, 0.15) is 17.3 Å². The summed E-state index contributed by atoms with van der Waals surface area (Å²) in [4.78, 5) is 11.5. The van der Waals surface area contributed by atoms with Crippen molar-refractivity contribution in [2.75, 3.05) is 10.6 Å². The summed E-state index contributed by atoms with van der Waals surface area (Å²) in [6, 6.07) is 16.3. The normalized spacial score (nSPS) is 13.6. The number of hydrogen-bond donors (Lipinski definition) is 0. The summed E-state index contributed by atoms with van der Waals surface area (Å²) in [5.41, 5.74) is 9.11. The molecule has 1 heterocycles. The fraction of sp³-hybridized carbons (Fsp3) is 0.208. The maximum Gasteiger partial charge on any atom is 0.124 e. The molecular formula is C24H22ClNO2S. The molecule has 0 saturated carbocycles. The third-order valence-electron chi connectivity index (χ3n) is 5.57. The van der Waals surface area contributed by atoms with Crippen molar-refractivity contribution in [1.29, 1.82) is 0 Å². The van der Waals surface area contributed by atoms with E-state index >= 15 is 0 Å². The number of fused-ring (bicyclic) bond motifs is 3. The van der Waals surface area contributed by atoms with Gasteiger partial charge in [0.05, 0.1) is 12.2 Å². The van der Waals surface area contributed by atoms with Crippen molar-refractivity contribution in [3.8, 4) is 22.3 Å². The minimum atomic E-state index is -1.20. The number of nitrogens with zero attached hydrogens (tertiary/aromatic N) is 1. The summed E-state index contributed by atoms with van der Waals surface area (Å²) >= 11 is 6.62. The number of hydrogen-bond acceptors (Lipinski definition) is 2. The number of aryl methyl sites for hydroxylation is 1. The molecule has 0 fully saturated rings. The van der Waals surface area contributed by atoms with Crippen molar-refractivity contribution in [3.63, 3.8) is 0 Å². The lowest BCUT2D eigenvalue weighted by atomic mass is 9.85. The van der Waals surface area contributed by atoms with E-state index in [9.17, 15) is 9.00 Å². The van der Waals surface area contributed by atoms with Crippen molar-refractivity contribution in [2.45, 2.75) is 26.8 Å². The zero-order valence-electron chi connectivity index (χ0n) is 16.7. The molecule has 29 heavy (non-hydrogen) atoms. The molecule has 3 aromatic rings. The van der Waals surface area contributed by atoms with Gasteiger partial charge in [-0.3, -0.25) is 4.31 Å². The molecule has 3 nitrogen and oxygen atoms in total. The van der Waals surface area contributed by atoms with Gasteiger partial charge >= 0.3 is 0 Å². The standard InChI is InChI=1S/C24H22ClNO2S/c1-15-7-9-17(10-8-15)20-13-21-23-18(5-4-6-22(23)25)14-26(29(3)28)24(21)16(2)19(20)11-12-27/h4-10,12-13H,11,14H2,1-3H3. The van der Waals surface area contributed by atoms with E-state index in [2.05, 4.69) is 37.3 Å². The van der Waals surface area contributed by atoms with Gasteiger partial charge in [0.15, 0.2) is 0 Å². The number of carbonyl (C=O) groups excluding carboxylic acids is 1. The van der Waals surface area contributed by atoms with Crippen LogP contribution in [0.5, 0.6) is 0 Å². The molecule has 1 atom stereocenters. The fourth-order valence-electron chi connectivity index (χ4n) is 4.15. The topological polar surface area (TPSA) is 37.4 Å². The van der Waals surface area contributed by atoms with E-state index in [1.807, 2.05) is 29.4 Å². The van der Waals surface area contributed by atoms with Crippen LogP contribution in [0, 0.1) is 13.8 Å². The van der Waals surface area contributed by atoms with Crippen LogP contribution >= 0.6 is 11.6 Å². The Hall–Kier alpha value is -2.43. The third kappa shape index (κ3) is 3.41. The quantitative estimate of drug-likeness (QED) is 0.509. The van der Waals surface area contributed by atoms with Crippen molar-refractivity contribution < 1.29 is 9.00 Å². The van der Waals surface area contributed by atoms with E-state index < -0.39 is 11.0 Å². The van der Waals surface area contributed by atoms with Gasteiger partial charge in [-0.1, -0.05) is 53.6 Å². The zero-order chi connectivity index (χ0) is 20.7. The average molecular weight is 424 g/mol. The monoisotopic (exact) mass is 423 g/mol. The number of benzene rings is 3. The van der Waals surface area contributed by atoms with Crippen molar-refractivity contribution in [1.82, 2.24) is 0 Å². The first-order chi connectivity index (χ1) is 13.9. The van der Waals surface area contributed by atoms with E-state index in [4.69, 9.17) is 11.6 Å². The minimum absolute atomic E-state index is 0.307. The van der Waals surface area contributed by atoms with Crippen LogP contribution in [0.4, 0.5) is 5.69 Å². The van der Waals surface area contributed by atoms with Gasteiger partial charge in [-0.05, 0) is 53.8 Å². The van der Waals surface area contributed by atoms with Gasteiger partial charge in [0.2, 0.25) is 0 Å². The van der Waals surface area contributed by atoms with Crippen LogP contribution in [-0.4, -0.2) is 16.8 Å². The van der Waals surface area contributed by atoms with E-state index in [-0.39, 0.29) is 0 Å². The molecule has 0 radical (unpaired) electrons. The third-order valence-corrected chi connectivity index (χ3v) is 6.82. The maximum atomic E-state index is 12.6. The molecule has 1 aliphatic heterocycles. The van der Waals surface area contributed by atoms with Crippen LogP contribution in [0.1, 0.15) is 22.3 Å². The Morgan fingerprint density at radius 3 is 2.48 bits per heavy atom. The number of rotatable bonds is 4. The van der Waals surface area contributed by atoms with E-state index in [1.54, 1.807) is 6.26 Å². The van der Waals surface area contributed by atoms with Crippen molar-refractivity contribution in [2.24, 2.45) is 0 Å². The maximum absolute atomic E-state index is 12.6. The molecule has 5 heteroatoms. The fourth-order valence-corrected chi connectivity index (χ4v) is 5.26. The molecule has 0 saturated heterocycles. The molecule has 0 spiro atoms. The lowest BCUT2D eigenvalue weighted by molar-refractivity contribution is -0.107. The highest BCUT2D eigenvalue weighted by atomic mass is 35.5. The second-order valence-electron chi connectivity index (χ2n) is 7.40. The molecule has 1 aliphatic rings. The van der Waals surface area contributed by atoms with E-state index in [0.29, 0.717) is 18.0 Å². The van der Waals surface area contributed by atoms with E-state index in [0.717, 1.165) is 50.9 Å². The highest BCUT2D eigenvalue weighted by Gasteiger charge is 2.30. The SMILES string of the molecule is Cc1ccc(-c2cc3c(c(C)c2CC=O)N(S(C)=O)Cc2cccc(Cl)c2-3)cc1. The molecule has 0 N–H and O–H groups in total. The molecule has 0 aromatic heterocycles. The van der Waals surface area contributed by atoms with Crippen LogP contribution in [0.25, 0.3) is 22.3 Å². The Morgan fingerprint density at radius 2 is 1.83 bits per heavy atom. The number of anilines is 1. The summed E-state index contributed by atoms with van der Waals surface area (Å²) in [5, 5.41) is 0.683. The Morgan fingerprint density at radius 1 is 1.10 bits per heavy atom. The Kier molecular flexibility index (Phi) is 5.32. The first-order valence-electron chi connectivity index (χ1n) is 9.48. The highest BCUT2D eigenvalue weighted by Crippen LogP contribution is 2.48. The summed E-state index contributed by atoms with van der Waals surface area (Å²) in [7, 11) is -1.20. The molecule has 3 aromatic carbocycles. The second kappa shape index (κ2) is 7.77. The van der Waals surface area contributed by atoms with Gasteiger partial charge in [0.25, 0.3) is 0 Å². The van der Waals surface area contributed by atoms with Crippen LogP contribution in [0.2, 0.25) is 5.02 Å². The lowest BCUT2D eigenvalue weighted by Gasteiger charge is -2.34. The Balaban J connectivity index is 2.09. The molecule has 0 amide bonds. The number of aldehydes is 1. The van der Waals surface area contributed by atoms with Crippen LogP contribution < -0.4 is 4.31 Å². The van der Waals surface area contributed by atoms with Gasteiger partial charge in [-0.15, -0.1) is 0 Å². The Bertz CT molecular complexity index is 1140. The minimum Gasteiger partial charge on any atom is -0.303 e. The molecular weight excluding hydrogens is 402 g/mol. The van der Waals surface area contributed by atoms with Gasteiger partial charge in [-0.2, -0.15) is 0 Å². The molecule has 4 rings (SSSR count). The predicted octanol–water partition coefficient (Wildman–Crippen LogP) is 5.65. The summed E-state index contributed by atoms with van der Waals surface area (Å²) in [6.45, 7) is 4.59. The molecule has 0 aliphatic carbocycles. The van der Waals surface area contributed by atoms with Crippen LogP contribution in [0.3, 0.4) is 0 Å². The largest absolute Gasteiger partial charge is 0.303 e. The van der Waals surface area contributed by atoms with Gasteiger partial charge < -0.3 is 4.79 Å². The smallest absolute Gasteiger partial charge is 0.124 e. The highest BCUT2D eigenvalue weighted by molar-refractivity contribution is 7.85. The first-order valence-corrected chi connectivity index (χ1v) is 11.4. The second-order valence-corrected chi connectivity index (χ2v) is 9.09. The lowest BCUT2D eigenvalue weighted by Crippen LogP contribution is -2.29. The van der Waals surface area contributed by atoms with Gasteiger partial charge in [-0.25, -0.2) is 4.21 Å². The average Bonchev–Trinajstić information content (AvgIpc) is 2.70. The molecule has 1 unspecified atom stereocenters. The summed E-state index contributed by atoms with van der Waals surface area (Å²) < 4.78 is 14.5. The predicted molar refractivity (Wildman–Crippen MR) is 122 cm³/mol. The van der Waals surface area contributed by atoms with Crippen LogP contribution in [-0.2, 0) is 28.7 Å². The Labute approximate surface area is 178 Å². The summed E-state index contributed by atoms with van der Waals surface area (Å²) in [6.07, 6.45) is 2.93. The first kappa shape index (κ1) is 19.9. The number of carbonyl (C=O) groups is 1. The van der Waals surface area contributed by atoms with Gasteiger partial charge in [0, 0.05) is 28.8 Å².